The number of benzene rings is 1. The molecule has 0 spiro atoms. The van der Waals surface area contributed by atoms with Crippen LogP contribution in [-0.2, 0) is 9.59 Å². The number of carbonyl (C=O) groups is 3. The van der Waals surface area contributed by atoms with Gasteiger partial charge in [0.15, 0.2) is 5.78 Å². The van der Waals surface area contributed by atoms with E-state index in [1.807, 2.05) is 32.2 Å². The second kappa shape index (κ2) is 7.00. The van der Waals surface area contributed by atoms with E-state index < -0.39 is 17.8 Å². The van der Waals surface area contributed by atoms with Gasteiger partial charge in [-0.25, -0.2) is 0 Å². The summed E-state index contributed by atoms with van der Waals surface area (Å²) < 4.78 is 0. The summed E-state index contributed by atoms with van der Waals surface area (Å²) in [4.78, 5) is 38.0. The molecule has 1 heterocycles. The van der Waals surface area contributed by atoms with Crippen molar-refractivity contribution < 1.29 is 19.5 Å². The molecule has 0 saturated heterocycles. The van der Waals surface area contributed by atoms with E-state index in [1.165, 1.54) is 11.8 Å². The van der Waals surface area contributed by atoms with E-state index in [9.17, 15) is 14.4 Å². The molecule has 1 amide bonds. The number of hydrogen-bond acceptors (Lipinski definition) is 4. The summed E-state index contributed by atoms with van der Waals surface area (Å²) in [5.74, 6) is -1.74. The molecular formula is C17H19NO4S. The third-order valence-corrected chi connectivity index (χ3v) is 4.76. The fraction of sp³-hybridized carbons (Fsp3) is 0.353. The Hall–Kier alpha value is -2.08. The highest BCUT2D eigenvalue weighted by atomic mass is 32.2. The third kappa shape index (κ3) is 3.32. The minimum Gasteiger partial charge on any atom is -0.481 e. The van der Waals surface area contributed by atoms with E-state index in [1.54, 1.807) is 17.0 Å². The van der Waals surface area contributed by atoms with Crippen LogP contribution in [0, 0.1) is 6.92 Å². The van der Waals surface area contributed by atoms with Crippen molar-refractivity contribution in [3.8, 4) is 0 Å². The Balaban J connectivity index is 2.52. The van der Waals surface area contributed by atoms with Gasteiger partial charge in [0.2, 0.25) is 0 Å². The lowest BCUT2D eigenvalue weighted by molar-refractivity contribution is -0.137. The number of likely N-dealkylation sites (N-methyl/N-ethyl adjacent to an activating group) is 1. The first kappa shape index (κ1) is 17.3. The zero-order chi connectivity index (χ0) is 17.1. The molecule has 1 aliphatic heterocycles. The fourth-order valence-electron chi connectivity index (χ4n) is 2.69. The molecule has 0 saturated carbocycles. The highest BCUT2D eigenvalue weighted by Crippen LogP contribution is 2.35. The molecule has 1 N–H and O–H groups in total. The molecule has 0 fully saturated rings. The summed E-state index contributed by atoms with van der Waals surface area (Å²) in [7, 11) is 0. The number of thioether (sulfide) groups is 1. The van der Waals surface area contributed by atoms with Crippen LogP contribution in [0.15, 0.2) is 35.4 Å². The normalized spacial score (nSPS) is 17.8. The van der Waals surface area contributed by atoms with E-state index in [2.05, 4.69) is 0 Å². The van der Waals surface area contributed by atoms with Gasteiger partial charge in [0.1, 0.15) is 5.37 Å². The Kier molecular flexibility index (Phi) is 5.26. The molecule has 6 heteroatoms. The molecule has 1 atom stereocenters. The predicted molar refractivity (Wildman–Crippen MR) is 89.5 cm³/mol. The number of Topliss-reactive ketones (excluding diaryl/α,β-unsaturated/α-hetero) is 1. The summed E-state index contributed by atoms with van der Waals surface area (Å²) in [6.07, 6.45) is 1.38. The van der Waals surface area contributed by atoms with Crippen LogP contribution in [0.3, 0.4) is 0 Å². The molecule has 2 rings (SSSR count). The van der Waals surface area contributed by atoms with Gasteiger partial charge in [0.25, 0.3) is 5.91 Å². The summed E-state index contributed by atoms with van der Waals surface area (Å²) >= 11 is 1.37. The largest absolute Gasteiger partial charge is 0.481 e. The molecule has 1 aliphatic rings. The average Bonchev–Trinajstić information content (AvgIpc) is 2.78. The van der Waals surface area contributed by atoms with E-state index in [0.717, 1.165) is 5.56 Å². The lowest BCUT2D eigenvalue weighted by atomic mass is 9.98. The van der Waals surface area contributed by atoms with Gasteiger partial charge in [-0.3, -0.25) is 14.4 Å². The van der Waals surface area contributed by atoms with E-state index >= 15 is 0 Å². The molecule has 0 unspecified atom stereocenters. The summed E-state index contributed by atoms with van der Waals surface area (Å²) in [6.45, 7) is 4.17. The Morgan fingerprint density at radius 2 is 1.87 bits per heavy atom. The molecule has 23 heavy (non-hydrogen) atoms. The second-order valence-electron chi connectivity index (χ2n) is 5.34. The summed E-state index contributed by atoms with van der Waals surface area (Å²) in [6, 6.07) is 7.07. The van der Waals surface area contributed by atoms with E-state index in [4.69, 9.17) is 5.11 Å². The lowest BCUT2D eigenvalue weighted by Crippen LogP contribution is -2.34. The molecule has 1 aromatic rings. The van der Waals surface area contributed by atoms with Crippen LogP contribution in [0.4, 0.5) is 0 Å². The molecule has 122 valence electrons. The zero-order valence-electron chi connectivity index (χ0n) is 13.3. The number of rotatable bonds is 6. The molecule has 0 aromatic heterocycles. The van der Waals surface area contributed by atoms with Crippen LogP contribution in [0.25, 0.3) is 0 Å². The number of nitrogens with zero attached hydrogens (tertiary/aromatic N) is 1. The first-order valence-corrected chi connectivity index (χ1v) is 8.59. The van der Waals surface area contributed by atoms with Crippen molar-refractivity contribution in [1.82, 2.24) is 4.90 Å². The standard InChI is InChI=1S/C17H19NO4S/c1-4-18-16(22)12(9-13(19)20)14(17(18)23-3)15(21)11-7-5-10(2)6-8-11/h5-8,17H,4,9H2,1-3H3,(H,19,20)/t17-/m1/s1. The van der Waals surface area contributed by atoms with Gasteiger partial charge >= 0.3 is 5.97 Å². The average molecular weight is 333 g/mol. The smallest absolute Gasteiger partial charge is 0.308 e. The minimum atomic E-state index is -1.11. The second-order valence-corrected chi connectivity index (χ2v) is 6.26. The van der Waals surface area contributed by atoms with Crippen LogP contribution in [-0.4, -0.2) is 45.8 Å². The van der Waals surface area contributed by atoms with Gasteiger partial charge in [-0.05, 0) is 20.1 Å². The Bertz CT molecular complexity index is 678. The van der Waals surface area contributed by atoms with Crippen LogP contribution in [0.2, 0.25) is 0 Å². The first-order chi connectivity index (χ1) is 10.9. The van der Waals surface area contributed by atoms with Gasteiger partial charge < -0.3 is 10.0 Å². The maximum atomic E-state index is 12.9. The quantitative estimate of drug-likeness (QED) is 0.810. The van der Waals surface area contributed by atoms with Gasteiger partial charge in [0.05, 0.1) is 6.42 Å². The summed E-state index contributed by atoms with van der Waals surface area (Å²) in [5, 5.41) is 8.66. The number of amides is 1. The number of carboxylic acid groups (broad SMARTS) is 1. The number of aryl methyl sites for hydroxylation is 1. The van der Waals surface area contributed by atoms with E-state index in [0.29, 0.717) is 17.7 Å². The van der Waals surface area contributed by atoms with Gasteiger partial charge in [-0.1, -0.05) is 29.8 Å². The van der Waals surface area contributed by atoms with Crippen molar-refractivity contribution >= 4 is 29.4 Å². The molecule has 5 nitrogen and oxygen atoms in total. The number of carboxylic acids is 1. The van der Waals surface area contributed by atoms with Crippen LogP contribution >= 0.6 is 11.8 Å². The predicted octanol–water partition coefficient (Wildman–Crippen LogP) is 2.50. The molecule has 0 radical (unpaired) electrons. The van der Waals surface area contributed by atoms with Crippen molar-refractivity contribution in [2.75, 3.05) is 12.8 Å². The van der Waals surface area contributed by atoms with Crippen LogP contribution in [0.1, 0.15) is 29.3 Å². The fourth-order valence-corrected chi connectivity index (χ4v) is 3.67. The third-order valence-electron chi connectivity index (χ3n) is 3.82. The Labute approximate surface area is 139 Å². The summed E-state index contributed by atoms with van der Waals surface area (Å²) in [5.41, 5.74) is 1.90. The number of hydrogen-bond donors (Lipinski definition) is 1. The van der Waals surface area contributed by atoms with E-state index in [-0.39, 0.29) is 17.3 Å². The van der Waals surface area contributed by atoms with Crippen molar-refractivity contribution in [2.45, 2.75) is 25.6 Å². The minimum absolute atomic E-state index is 0.101. The Morgan fingerprint density at radius 1 is 1.26 bits per heavy atom. The van der Waals surface area contributed by atoms with Gasteiger partial charge in [-0.15, -0.1) is 11.8 Å². The molecule has 0 aliphatic carbocycles. The van der Waals surface area contributed by atoms with Gasteiger partial charge in [0, 0.05) is 23.3 Å². The van der Waals surface area contributed by atoms with Crippen molar-refractivity contribution in [1.29, 1.82) is 0 Å². The first-order valence-electron chi connectivity index (χ1n) is 7.30. The highest BCUT2D eigenvalue weighted by molar-refractivity contribution is 7.99. The van der Waals surface area contributed by atoms with Crippen molar-refractivity contribution in [3.63, 3.8) is 0 Å². The molecule has 1 aromatic carbocycles. The molecule has 0 bridgehead atoms. The SMILES string of the molecule is CCN1C(=O)C(CC(=O)O)=C(C(=O)c2ccc(C)cc2)[C@H]1SC. The number of aliphatic carboxylic acids is 1. The monoisotopic (exact) mass is 333 g/mol. The molecular weight excluding hydrogens is 314 g/mol. The topological polar surface area (TPSA) is 74.7 Å². The number of ketones is 1. The maximum absolute atomic E-state index is 12.9. The number of carbonyl (C=O) groups excluding carboxylic acids is 2. The Morgan fingerprint density at radius 3 is 2.35 bits per heavy atom. The maximum Gasteiger partial charge on any atom is 0.308 e. The highest BCUT2D eigenvalue weighted by Gasteiger charge is 2.41. The lowest BCUT2D eigenvalue weighted by Gasteiger charge is -2.23. The van der Waals surface area contributed by atoms with Crippen molar-refractivity contribution in [3.05, 3.63) is 46.5 Å². The van der Waals surface area contributed by atoms with Crippen molar-refractivity contribution in [2.24, 2.45) is 0 Å². The van der Waals surface area contributed by atoms with Gasteiger partial charge in [-0.2, -0.15) is 0 Å². The van der Waals surface area contributed by atoms with Crippen LogP contribution in [0.5, 0.6) is 0 Å². The zero-order valence-corrected chi connectivity index (χ0v) is 14.1. The van der Waals surface area contributed by atoms with Crippen LogP contribution < -0.4 is 0 Å².